The summed E-state index contributed by atoms with van der Waals surface area (Å²) in [5.41, 5.74) is 17.3. The van der Waals surface area contributed by atoms with Gasteiger partial charge >= 0.3 is 0 Å². The van der Waals surface area contributed by atoms with Gasteiger partial charge in [-0.25, -0.2) is 0 Å². The molecule has 0 N–H and O–H groups in total. The molecule has 0 nitrogen and oxygen atoms in total. The van der Waals surface area contributed by atoms with Crippen LogP contribution in [0.2, 0.25) is 0 Å². The first-order valence-electron chi connectivity index (χ1n) is 10.1. The lowest BCUT2D eigenvalue weighted by Crippen LogP contribution is -1.98. The number of benzene rings is 4. The fraction of sp³-hybridized carbons (Fsp3) is 0.143. The Balaban J connectivity index is 1.65. The van der Waals surface area contributed by atoms with Crippen molar-refractivity contribution in [2.24, 2.45) is 0 Å². The van der Waals surface area contributed by atoms with Crippen LogP contribution in [0.5, 0.6) is 0 Å². The topological polar surface area (TPSA) is 0 Å². The number of fused-ring (bicyclic) bond motifs is 6. The molecule has 0 spiro atoms. The van der Waals surface area contributed by atoms with Crippen LogP contribution in [0.1, 0.15) is 33.4 Å². The van der Waals surface area contributed by atoms with Crippen LogP contribution >= 0.6 is 0 Å². The monoisotopic (exact) mass is 358 g/mol. The number of hydrogen-bond acceptors (Lipinski definition) is 0. The van der Waals surface area contributed by atoms with E-state index in [0.717, 1.165) is 12.8 Å². The molecule has 0 aromatic heterocycles. The summed E-state index contributed by atoms with van der Waals surface area (Å²) in [5.74, 6) is 0. The van der Waals surface area contributed by atoms with Gasteiger partial charge in [-0.1, -0.05) is 72.8 Å². The van der Waals surface area contributed by atoms with E-state index < -0.39 is 0 Å². The molecule has 0 radical (unpaired) electrons. The molecule has 134 valence electrons. The molecule has 4 aromatic rings. The summed E-state index contributed by atoms with van der Waals surface area (Å²) in [5, 5.41) is 0. The molecule has 0 heteroatoms. The van der Waals surface area contributed by atoms with Crippen molar-refractivity contribution in [3.05, 3.63) is 106 Å². The Morgan fingerprint density at radius 3 is 1.36 bits per heavy atom. The van der Waals surface area contributed by atoms with E-state index in [2.05, 4.69) is 86.6 Å². The van der Waals surface area contributed by atoms with Crippen LogP contribution in [0, 0.1) is 13.8 Å². The third kappa shape index (κ3) is 2.06. The third-order valence-electron chi connectivity index (χ3n) is 6.64. The van der Waals surface area contributed by atoms with Gasteiger partial charge in [0.15, 0.2) is 0 Å². The van der Waals surface area contributed by atoms with Crippen LogP contribution in [0.4, 0.5) is 0 Å². The Bertz CT molecular complexity index is 1170. The van der Waals surface area contributed by atoms with Gasteiger partial charge in [0.25, 0.3) is 0 Å². The molecule has 0 saturated heterocycles. The summed E-state index contributed by atoms with van der Waals surface area (Å²) < 4.78 is 0. The zero-order valence-corrected chi connectivity index (χ0v) is 16.3. The lowest BCUT2D eigenvalue weighted by molar-refractivity contribution is 1.21. The molecular weight excluding hydrogens is 336 g/mol. The van der Waals surface area contributed by atoms with Gasteiger partial charge in [0.05, 0.1) is 0 Å². The summed E-state index contributed by atoms with van der Waals surface area (Å²) >= 11 is 0. The van der Waals surface area contributed by atoms with Crippen molar-refractivity contribution >= 4 is 0 Å². The summed E-state index contributed by atoms with van der Waals surface area (Å²) in [6.07, 6.45) is 2.08. The molecule has 2 aliphatic carbocycles. The van der Waals surface area contributed by atoms with Crippen LogP contribution in [0.25, 0.3) is 33.4 Å². The van der Waals surface area contributed by atoms with Gasteiger partial charge in [-0.15, -0.1) is 0 Å². The number of aryl methyl sites for hydroxylation is 2. The van der Waals surface area contributed by atoms with Crippen molar-refractivity contribution in [3.63, 3.8) is 0 Å². The van der Waals surface area contributed by atoms with Crippen LogP contribution in [-0.2, 0) is 12.8 Å². The quantitative estimate of drug-likeness (QED) is 0.294. The summed E-state index contributed by atoms with van der Waals surface area (Å²) in [6, 6.07) is 27.1. The Kier molecular flexibility index (Phi) is 3.23. The van der Waals surface area contributed by atoms with E-state index in [1.165, 1.54) is 66.8 Å². The smallest absolute Gasteiger partial charge is 0.000718 e. The van der Waals surface area contributed by atoms with E-state index in [-0.39, 0.29) is 0 Å². The van der Waals surface area contributed by atoms with E-state index >= 15 is 0 Å². The predicted molar refractivity (Wildman–Crippen MR) is 118 cm³/mol. The van der Waals surface area contributed by atoms with E-state index in [9.17, 15) is 0 Å². The summed E-state index contributed by atoms with van der Waals surface area (Å²) in [7, 11) is 0. The highest BCUT2D eigenvalue weighted by atomic mass is 14.3. The Morgan fingerprint density at radius 1 is 0.464 bits per heavy atom. The van der Waals surface area contributed by atoms with Crippen molar-refractivity contribution in [1.82, 2.24) is 0 Å². The highest BCUT2D eigenvalue weighted by Crippen LogP contribution is 2.48. The maximum atomic E-state index is 2.33. The molecule has 0 amide bonds. The maximum Gasteiger partial charge on any atom is -0.000718 e. The lowest BCUT2D eigenvalue weighted by Gasteiger charge is -2.19. The molecule has 0 heterocycles. The largest absolute Gasteiger partial charge is 0.0619 e. The first-order chi connectivity index (χ1) is 13.7. The van der Waals surface area contributed by atoms with E-state index in [1.54, 1.807) is 0 Å². The number of hydrogen-bond donors (Lipinski definition) is 0. The zero-order valence-electron chi connectivity index (χ0n) is 16.3. The van der Waals surface area contributed by atoms with Crippen LogP contribution < -0.4 is 0 Å². The van der Waals surface area contributed by atoms with Gasteiger partial charge in [0.1, 0.15) is 0 Å². The molecule has 0 bridgehead atoms. The molecule has 4 aromatic carbocycles. The van der Waals surface area contributed by atoms with Crippen molar-refractivity contribution in [1.29, 1.82) is 0 Å². The van der Waals surface area contributed by atoms with Gasteiger partial charge < -0.3 is 0 Å². The van der Waals surface area contributed by atoms with Crippen LogP contribution in [0.15, 0.2) is 72.8 Å². The van der Waals surface area contributed by atoms with Crippen molar-refractivity contribution in [2.45, 2.75) is 26.7 Å². The Hall–Kier alpha value is -3.12. The van der Waals surface area contributed by atoms with Crippen molar-refractivity contribution in [3.8, 4) is 33.4 Å². The molecule has 6 rings (SSSR count). The Morgan fingerprint density at radius 2 is 0.893 bits per heavy atom. The molecule has 0 unspecified atom stereocenters. The molecule has 0 saturated carbocycles. The minimum atomic E-state index is 1.04. The molecule has 0 fully saturated rings. The molecular formula is C28H22. The highest BCUT2D eigenvalue weighted by Gasteiger charge is 2.28. The van der Waals surface area contributed by atoms with Gasteiger partial charge in [-0.2, -0.15) is 0 Å². The second kappa shape index (κ2) is 5.69. The molecule has 28 heavy (non-hydrogen) atoms. The van der Waals surface area contributed by atoms with Gasteiger partial charge in [0.2, 0.25) is 0 Å². The third-order valence-corrected chi connectivity index (χ3v) is 6.64. The second-order valence-electron chi connectivity index (χ2n) is 8.23. The summed E-state index contributed by atoms with van der Waals surface area (Å²) in [4.78, 5) is 0. The van der Waals surface area contributed by atoms with Gasteiger partial charge in [-0.3, -0.25) is 0 Å². The first kappa shape index (κ1) is 15.9. The molecule has 0 aliphatic heterocycles. The fourth-order valence-corrected chi connectivity index (χ4v) is 5.35. The minimum Gasteiger partial charge on any atom is -0.0619 e. The number of rotatable bonds is 1. The van der Waals surface area contributed by atoms with Gasteiger partial charge in [-0.05, 0) is 93.5 Å². The normalized spacial score (nSPS) is 13.1. The molecule has 0 atom stereocenters. The van der Waals surface area contributed by atoms with E-state index in [1.807, 2.05) is 0 Å². The van der Waals surface area contributed by atoms with Crippen molar-refractivity contribution in [2.75, 3.05) is 0 Å². The average Bonchev–Trinajstić information content (AvgIpc) is 3.27. The maximum absolute atomic E-state index is 2.33. The highest BCUT2D eigenvalue weighted by molar-refractivity contribution is 5.92. The standard InChI is InChI=1S/C28H22/c1-17-11-13-23-21-9-5-3-7-19(21)15-25(23)27(17)28-18(2)12-14-24-22-10-6-4-8-20(22)16-26(24)28/h3-14H,15-16H2,1-2H3. The Labute approximate surface area is 166 Å². The minimum absolute atomic E-state index is 1.04. The predicted octanol–water partition coefficient (Wildman–Crippen LogP) is 7.11. The van der Waals surface area contributed by atoms with E-state index in [4.69, 9.17) is 0 Å². The second-order valence-corrected chi connectivity index (χ2v) is 8.23. The SMILES string of the molecule is Cc1ccc2c(c1-c1c(C)ccc3c1Cc1ccccc1-3)Cc1ccccc1-2. The average molecular weight is 358 g/mol. The van der Waals surface area contributed by atoms with Crippen LogP contribution in [0.3, 0.4) is 0 Å². The van der Waals surface area contributed by atoms with E-state index in [0.29, 0.717) is 0 Å². The fourth-order valence-electron chi connectivity index (χ4n) is 5.35. The van der Waals surface area contributed by atoms with Gasteiger partial charge in [0, 0.05) is 0 Å². The first-order valence-corrected chi connectivity index (χ1v) is 10.1. The van der Waals surface area contributed by atoms with Crippen molar-refractivity contribution < 1.29 is 0 Å². The summed E-state index contributed by atoms with van der Waals surface area (Å²) in [6.45, 7) is 4.55. The van der Waals surface area contributed by atoms with Crippen LogP contribution in [-0.4, -0.2) is 0 Å². The lowest BCUT2D eigenvalue weighted by atomic mass is 9.85. The molecule has 2 aliphatic rings. The zero-order chi connectivity index (χ0) is 18.8.